The zero-order chi connectivity index (χ0) is 26.1. The van der Waals surface area contributed by atoms with Gasteiger partial charge in [-0.15, -0.1) is 0 Å². The van der Waals surface area contributed by atoms with Crippen molar-refractivity contribution in [3.8, 4) is 0 Å². The molecule has 11 heteroatoms. The summed E-state index contributed by atoms with van der Waals surface area (Å²) in [6.07, 6.45) is 0. The van der Waals surface area contributed by atoms with Crippen LogP contribution >= 0.6 is 0 Å². The molecule has 2 aromatic heterocycles. The number of anilines is 4. The van der Waals surface area contributed by atoms with Crippen LogP contribution in [0.3, 0.4) is 0 Å². The minimum Gasteiger partial charge on any atom is -0.365 e. The standard InChI is InChI=1S/C25H28F2N8O/c1-13(28)21(14-6-5-7-15(26)10-14)31-24-19(27)12-18(22(29)36)23(32-24)30-16-8-9-20-17(11-16)25(34(2)3)33-35(20)4/h5-13,21H,28H2,1-4H3,(H2,29,36)(H2,30,31,32)/t13-,21-/m0/s1. The fourth-order valence-corrected chi connectivity index (χ4v) is 4.03. The molecule has 188 valence electrons. The van der Waals surface area contributed by atoms with Crippen molar-refractivity contribution in [3.05, 3.63) is 71.3 Å². The lowest BCUT2D eigenvalue weighted by atomic mass is 10.0. The van der Waals surface area contributed by atoms with Crippen molar-refractivity contribution in [1.29, 1.82) is 0 Å². The summed E-state index contributed by atoms with van der Waals surface area (Å²) in [5, 5.41) is 11.4. The largest absolute Gasteiger partial charge is 0.365 e. The number of carbonyl (C=O) groups is 1. The maximum Gasteiger partial charge on any atom is 0.252 e. The summed E-state index contributed by atoms with van der Waals surface area (Å²) < 4.78 is 30.6. The van der Waals surface area contributed by atoms with Crippen LogP contribution in [0.5, 0.6) is 0 Å². The fraction of sp³-hybridized carbons (Fsp3) is 0.240. The first-order valence-corrected chi connectivity index (χ1v) is 11.2. The van der Waals surface area contributed by atoms with Gasteiger partial charge in [-0.2, -0.15) is 5.10 Å². The van der Waals surface area contributed by atoms with Gasteiger partial charge in [0, 0.05) is 38.3 Å². The number of hydrogen-bond donors (Lipinski definition) is 4. The third kappa shape index (κ3) is 4.91. The summed E-state index contributed by atoms with van der Waals surface area (Å²) >= 11 is 0. The Morgan fingerprint density at radius 2 is 1.86 bits per heavy atom. The molecule has 0 radical (unpaired) electrons. The van der Waals surface area contributed by atoms with Gasteiger partial charge in [0.1, 0.15) is 11.6 Å². The third-order valence-electron chi connectivity index (χ3n) is 5.78. The van der Waals surface area contributed by atoms with Gasteiger partial charge in [-0.05, 0) is 48.9 Å². The molecule has 0 aliphatic carbocycles. The zero-order valence-corrected chi connectivity index (χ0v) is 20.4. The van der Waals surface area contributed by atoms with E-state index in [1.165, 1.54) is 12.1 Å². The quantitative estimate of drug-likeness (QED) is 0.294. The molecule has 0 aliphatic rings. The van der Waals surface area contributed by atoms with Gasteiger partial charge < -0.3 is 27.0 Å². The van der Waals surface area contributed by atoms with Crippen LogP contribution in [0.25, 0.3) is 10.9 Å². The van der Waals surface area contributed by atoms with Crippen LogP contribution in [0.15, 0.2) is 48.5 Å². The Balaban J connectivity index is 1.74. The second-order valence-electron chi connectivity index (χ2n) is 8.81. The lowest BCUT2D eigenvalue weighted by Crippen LogP contribution is -2.31. The highest BCUT2D eigenvalue weighted by molar-refractivity contribution is 5.99. The van der Waals surface area contributed by atoms with Crippen molar-refractivity contribution in [2.24, 2.45) is 18.5 Å². The van der Waals surface area contributed by atoms with E-state index in [1.54, 1.807) is 29.8 Å². The van der Waals surface area contributed by atoms with E-state index in [4.69, 9.17) is 11.5 Å². The molecule has 0 unspecified atom stereocenters. The Morgan fingerprint density at radius 1 is 1.11 bits per heavy atom. The average Bonchev–Trinajstić information content (AvgIpc) is 3.14. The van der Waals surface area contributed by atoms with Crippen LogP contribution in [0, 0.1) is 11.6 Å². The highest BCUT2D eigenvalue weighted by Gasteiger charge is 2.22. The Hall–Kier alpha value is -4.25. The van der Waals surface area contributed by atoms with Crippen LogP contribution in [0.4, 0.5) is 31.9 Å². The first kappa shape index (κ1) is 24.9. The van der Waals surface area contributed by atoms with Crippen molar-refractivity contribution in [3.63, 3.8) is 0 Å². The zero-order valence-electron chi connectivity index (χ0n) is 20.4. The molecule has 9 nitrogen and oxygen atoms in total. The Kier molecular flexibility index (Phi) is 6.75. The van der Waals surface area contributed by atoms with Crippen LogP contribution < -0.4 is 27.0 Å². The molecular formula is C25H28F2N8O. The number of fused-ring (bicyclic) bond motifs is 1. The predicted octanol–water partition coefficient (Wildman–Crippen LogP) is 3.66. The molecular weight excluding hydrogens is 466 g/mol. The van der Waals surface area contributed by atoms with Crippen molar-refractivity contribution in [2.75, 3.05) is 29.6 Å². The number of amides is 1. The van der Waals surface area contributed by atoms with Gasteiger partial charge in [0.25, 0.3) is 5.91 Å². The number of nitrogens with one attached hydrogen (secondary N) is 2. The topological polar surface area (TPSA) is 127 Å². The van der Waals surface area contributed by atoms with E-state index < -0.39 is 29.6 Å². The molecule has 0 spiro atoms. The summed E-state index contributed by atoms with van der Waals surface area (Å²) in [7, 11) is 5.63. The summed E-state index contributed by atoms with van der Waals surface area (Å²) in [4.78, 5) is 18.3. The monoisotopic (exact) mass is 494 g/mol. The van der Waals surface area contributed by atoms with E-state index >= 15 is 4.39 Å². The number of aromatic nitrogens is 3. The molecule has 4 rings (SSSR count). The van der Waals surface area contributed by atoms with Crippen LogP contribution in [0.1, 0.15) is 28.9 Å². The first-order chi connectivity index (χ1) is 17.0. The molecule has 2 heterocycles. The molecule has 2 aromatic carbocycles. The van der Waals surface area contributed by atoms with E-state index in [0.29, 0.717) is 11.3 Å². The van der Waals surface area contributed by atoms with E-state index in [0.717, 1.165) is 22.8 Å². The van der Waals surface area contributed by atoms with Gasteiger partial charge in [-0.25, -0.2) is 13.8 Å². The predicted molar refractivity (Wildman–Crippen MR) is 137 cm³/mol. The first-order valence-electron chi connectivity index (χ1n) is 11.2. The highest BCUT2D eigenvalue weighted by Crippen LogP contribution is 2.31. The number of rotatable bonds is 8. The van der Waals surface area contributed by atoms with Gasteiger partial charge in [-0.1, -0.05) is 12.1 Å². The molecule has 36 heavy (non-hydrogen) atoms. The maximum atomic E-state index is 15.0. The maximum absolute atomic E-state index is 15.0. The molecule has 0 saturated heterocycles. The summed E-state index contributed by atoms with van der Waals surface area (Å²) in [6.45, 7) is 1.71. The van der Waals surface area contributed by atoms with E-state index in [-0.39, 0.29) is 17.2 Å². The fourth-order valence-electron chi connectivity index (χ4n) is 4.03. The van der Waals surface area contributed by atoms with Crippen LogP contribution in [0.2, 0.25) is 0 Å². The van der Waals surface area contributed by atoms with Gasteiger partial charge in [-0.3, -0.25) is 9.48 Å². The molecule has 1 amide bonds. The van der Waals surface area contributed by atoms with Crippen molar-refractivity contribution in [2.45, 2.75) is 19.0 Å². The van der Waals surface area contributed by atoms with Crippen molar-refractivity contribution in [1.82, 2.24) is 14.8 Å². The summed E-state index contributed by atoms with van der Waals surface area (Å²) in [5.41, 5.74) is 13.5. The number of nitrogens with zero attached hydrogens (tertiary/aromatic N) is 4. The van der Waals surface area contributed by atoms with Gasteiger partial charge >= 0.3 is 0 Å². The van der Waals surface area contributed by atoms with Crippen molar-refractivity contribution >= 4 is 40.0 Å². The van der Waals surface area contributed by atoms with E-state index in [9.17, 15) is 9.18 Å². The van der Waals surface area contributed by atoms with Gasteiger partial charge in [0.05, 0.1) is 17.1 Å². The van der Waals surface area contributed by atoms with E-state index in [1.807, 2.05) is 38.2 Å². The minimum atomic E-state index is -0.847. The normalized spacial score (nSPS) is 12.9. The molecule has 0 bridgehead atoms. The molecule has 0 fully saturated rings. The van der Waals surface area contributed by atoms with Crippen molar-refractivity contribution < 1.29 is 13.6 Å². The Labute approximate surface area is 207 Å². The molecule has 0 aliphatic heterocycles. The number of primary amides is 1. The number of aryl methyl sites for hydroxylation is 1. The van der Waals surface area contributed by atoms with Gasteiger partial charge in [0.2, 0.25) is 0 Å². The number of hydrogen-bond acceptors (Lipinski definition) is 7. The van der Waals surface area contributed by atoms with E-state index in [2.05, 4.69) is 20.7 Å². The smallest absolute Gasteiger partial charge is 0.252 e. The second-order valence-corrected chi connectivity index (χ2v) is 8.81. The molecule has 4 aromatic rings. The van der Waals surface area contributed by atoms with Crippen LogP contribution in [-0.2, 0) is 7.05 Å². The molecule has 2 atom stereocenters. The van der Waals surface area contributed by atoms with Crippen LogP contribution in [-0.4, -0.2) is 40.8 Å². The second kappa shape index (κ2) is 9.78. The minimum absolute atomic E-state index is 0.0590. The Bertz CT molecular complexity index is 1430. The number of carbonyl (C=O) groups excluding carboxylic acids is 1. The van der Waals surface area contributed by atoms with Gasteiger partial charge in [0.15, 0.2) is 17.5 Å². The number of pyridine rings is 1. The SMILES string of the molecule is C[C@H](N)[C@H](Nc1nc(Nc2ccc3c(c2)c(N(C)C)nn3C)c(C(N)=O)cc1F)c1cccc(F)c1. The number of benzene rings is 2. The average molecular weight is 495 g/mol. The summed E-state index contributed by atoms with van der Waals surface area (Å²) in [5.74, 6) is -1.43. The Morgan fingerprint density at radius 3 is 2.50 bits per heavy atom. The molecule has 6 N–H and O–H groups in total. The third-order valence-corrected chi connectivity index (χ3v) is 5.78. The lowest BCUT2D eigenvalue weighted by molar-refractivity contribution is 0.100. The highest BCUT2D eigenvalue weighted by atomic mass is 19.1. The lowest BCUT2D eigenvalue weighted by Gasteiger charge is -2.24. The molecule has 0 saturated carbocycles. The number of nitrogens with two attached hydrogens (primary N) is 2. The number of halogens is 2. The summed E-state index contributed by atoms with van der Waals surface area (Å²) in [6, 6.07) is 11.2.